The summed E-state index contributed by atoms with van der Waals surface area (Å²) in [5.74, 6) is -0.334. The first-order valence-corrected chi connectivity index (χ1v) is 25.0. The molecule has 62 heavy (non-hydrogen) atoms. The number of allylic oxidation sites excluding steroid dienone is 12. The van der Waals surface area contributed by atoms with Crippen molar-refractivity contribution in [3.05, 3.63) is 72.9 Å². The molecule has 0 aliphatic carbocycles. The fourth-order valence-corrected chi connectivity index (χ4v) is 7.23. The van der Waals surface area contributed by atoms with E-state index in [4.69, 9.17) is 18.9 Å². The molecule has 0 amide bonds. The Morgan fingerprint density at radius 3 is 1.48 bits per heavy atom. The van der Waals surface area contributed by atoms with Crippen LogP contribution in [-0.2, 0) is 23.7 Å². The van der Waals surface area contributed by atoms with E-state index >= 15 is 0 Å². The molecule has 0 spiro atoms. The number of hydrogen-bond acceptors (Lipinski definition) is 9. The Morgan fingerprint density at radius 2 is 0.984 bits per heavy atom. The van der Waals surface area contributed by atoms with Gasteiger partial charge in [-0.05, 0) is 77.0 Å². The van der Waals surface area contributed by atoms with Gasteiger partial charge in [0.25, 0.3) is 0 Å². The number of rotatable bonds is 42. The van der Waals surface area contributed by atoms with E-state index in [-0.39, 0.29) is 19.2 Å². The molecule has 1 aliphatic rings. The second kappa shape index (κ2) is 43.9. The van der Waals surface area contributed by atoms with Crippen LogP contribution in [0.1, 0.15) is 194 Å². The Hall–Kier alpha value is -2.37. The number of aliphatic hydroxyl groups is 4. The second-order valence-corrected chi connectivity index (χ2v) is 16.9. The molecular weight excluding hydrogens is 781 g/mol. The van der Waals surface area contributed by atoms with Gasteiger partial charge in [0.15, 0.2) is 6.29 Å². The number of carbonyl (C=O) groups excluding carboxylic acids is 1. The lowest BCUT2D eigenvalue weighted by molar-refractivity contribution is -0.305. The Morgan fingerprint density at radius 1 is 0.532 bits per heavy atom. The Bertz CT molecular complexity index is 1180. The van der Waals surface area contributed by atoms with Crippen LogP contribution < -0.4 is 0 Å². The van der Waals surface area contributed by atoms with Gasteiger partial charge in [-0.25, -0.2) is 0 Å². The summed E-state index contributed by atoms with van der Waals surface area (Å²) in [4.78, 5) is 12.8. The lowest BCUT2D eigenvalue weighted by atomic mass is 9.99. The number of ether oxygens (including phenoxy) is 4. The molecule has 0 aromatic rings. The molecule has 1 heterocycles. The van der Waals surface area contributed by atoms with Gasteiger partial charge in [0, 0.05) is 13.0 Å². The third-order valence-electron chi connectivity index (χ3n) is 11.1. The average Bonchev–Trinajstić information content (AvgIpc) is 3.27. The fourth-order valence-electron chi connectivity index (χ4n) is 7.23. The Labute approximate surface area is 378 Å². The first-order chi connectivity index (χ1) is 30.4. The van der Waals surface area contributed by atoms with Gasteiger partial charge in [-0.1, -0.05) is 183 Å². The maximum absolute atomic E-state index is 12.8. The number of hydrogen-bond donors (Lipinski definition) is 4. The molecule has 1 saturated heterocycles. The van der Waals surface area contributed by atoms with Crippen LogP contribution in [0.2, 0.25) is 0 Å². The lowest BCUT2D eigenvalue weighted by Crippen LogP contribution is -2.59. The zero-order chi connectivity index (χ0) is 45.0. The molecule has 0 bridgehead atoms. The second-order valence-electron chi connectivity index (χ2n) is 16.9. The van der Waals surface area contributed by atoms with Gasteiger partial charge in [0.05, 0.1) is 19.8 Å². The average molecular weight is 873 g/mol. The van der Waals surface area contributed by atoms with Crippen molar-refractivity contribution in [2.24, 2.45) is 0 Å². The molecule has 0 aromatic heterocycles. The van der Waals surface area contributed by atoms with E-state index in [0.717, 1.165) is 64.2 Å². The van der Waals surface area contributed by atoms with Crippen molar-refractivity contribution >= 4 is 5.97 Å². The van der Waals surface area contributed by atoms with E-state index < -0.39 is 43.4 Å². The molecular formula is C53H92O9. The smallest absolute Gasteiger partial charge is 0.306 e. The van der Waals surface area contributed by atoms with Gasteiger partial charge < -0.3 is 39.4 Å². The predicted octanol–water partition coefficient (Wildman–Crippen LogP) is 12.0. The molecule has 9 heteroatoms. The summed E-state index contributed by atoms with van der Waals surface area (Å²) in [5.41, 5.74) is 0. The van der Waals surface area contributed by atoms with E-state index in [1.54, 1.807) is 0 Å². The highest BCUT2D eigenvalue weighted by molar-refractivity contribution is 5.69. The van der Waals surface area contributed by atoms with Gasteiger partial charge in [-0.2, -0.15) is 0 Å². The van der Waals surface area contributed by atoms with Crippen molar-refractivity contribution in [2.75, 3.05) is 26.4 Å². The van der Waals surface area contributed by atoms with Crippen LogP contribution in [-0.4, -0.2) is 89.6 Å². The number of unbranched alkanes of at least 4 members (excludes halogenated alkanes) is 19. The maximum atomic E-state index is 12.8. The Kier molecular flexibility index (Phi) is 40.8. The highest BCUT2D eigenvalue weighted by Gasteiger charge is 2.44. The van der Waals surface area contributed by atoms with E-state index in [9.17, 15) is 25.2 Å². The largest absolute Gasteiger partial charge is 0.457 e. The molecule has 1 aliphatic heterocycles. The van der Waals surface area contributed by atoms with Crippen molar-refractivity contribution in [3.8, 4) is 0 Å². The van der Waals surface area contributed by atoms with E-state index in [0.29, 0.717) is 13.0 Å². The zero-order valence-corrected chi connectivity index (χ0v) is 39.3. The van der Waals surface area contributed by atoms with Gasteiger partial charge in [0.1, 0.15) is 30.5 Å². The van der Waals surface area contributed by atoms with Crippen molar-refractivity contribution in [2.45, 2.75) is 230 Å². The first kappa shape index (κ1) is 57.6. The summed E-state index contributed by atoms with van der Waals surface area (Å²) in [5, 5.41) is 40.2. The van der Waals surface area contributed by atoms with Crippen LogP contribution in [0, 0.1) is 0 Å². The molecule has 358 valence electrons. The van der Waals surface area contributed by atoms with Crippen LogP contribution >= 0.6 is 0 Å². The first-order valence-electron chi connectivity index (χ1n) is 25.0. The Balaban J connectivity index is 2.20. The standard InChI is InChI=1S/C53H92O9/c1-3-5-7-9-11-13-15-17-19-20-21-22-23-24-25-26-27-28-29-30-32-34-36-38-40-42-49(55)61-47(46-60-53-52(58)51(57)50(56)48(44-54)62-53)45-59-43-41-39-37-35-33-31-18-16-14-12-10-8-6-4-2/h6,8,12,14-15,17-18,20-21,31,35,37,47-48,50-54,56-58H,3-5,7,9-11,13,16,19,22-30,32-34,36,38-46H2,1-2H3/b8-6-,14-12-,17-15-,21-20-,31-18-,37-35-. The van der Waals surface area contributed by atoms with E-state index in [2.05, 4.69) is 86.8 Å². The van der Waals surface area contributed by atoms with Crippen LogP contribution in [0.15, 0.2) is 72.9 Å². The summed E-state index contributed by atoms with van der Waals surface area (Å²) in [6, 6.07) is 0. The summed E-state index contributed by atoms with van der Waals surface area (Å²) in [6.07, 6.45) is 51.0. The molecule has 9 nitrogen and oxygen atoms in total. The third-order valence-corrected chi connectivity index (χ3v) is 11.1. The predicted molar refractivity (Wildman–Crippen MR) is 256 cm³/mol. The molecule has 0 saturated carbocycles. The minimum absolute atomic E-state index is 0.104. The summed E-state index contributed by atoms with van der Waals surface area (Å²) < 4.78 is 22.8. The van der Waals surface area contributed by atoms with Gasteiger partial charge in [-0.3, -0.25) is 4.79 Å². The number of aliphatic hydroxyl groups excluding tert-OH is 4. The van der Waals surface area contributed by atoms with Gasteiger partial charge in [0.2, 0.25) is 0 Å². The summed E-state index contributed by atoms with van der Waals surface area (Å²) >= 11 is 0. The quantitative estimate of drug-likeness (QED) is 0.0269. The molecule has 6 atom stereocenters. The molecule has 1 fully saturated rings. The van der Waals surface area contributed by atoms with Gasteiger partial charge in [-0.15, -0.1) is 0 Å². The minimum atomic E-state index is -1.55. The minimum Gasteiger partial charge on any atom is -0.457 e. The topological polar surface area (TPSA) is 135 Å². The van der Waals surface area contributed by atoms with E-state index in [1.807, 2.05) is 0 Å². The van der Waals surface area contributed by atoms with Crippen LogP contribution in [0.25, 0.3) is 0 Å². The highest BCUT2D eigenvalue weighted by Crippen LogP contribution is 2.22. The van der Waals surface area contributed by atoms with Crippen molar-refractivity contribution in [1.82, 2.24) is 0 Å². The number of carbonyl (C=O) groups is 1. The van der Waals surface area contributed by atoms with E-state index in [1.165, 1.54) is 109 Å². The molecule has 1 rings (SSSR count). The highest BCUT2D eigenvalue weighted by atomic mass is 16.7. The van der Waals surface area contributed by atoms with Crippen molar-refractivity contribution in [1.29, 1.82) is 0 Å². The van der Waals surface area contributed by atoms with Crippen LogP contribution in [0.4, 0.5) is 0 Å². The maximum Gasteiger partial charge on any atom is 0.306 e. The number of esters is 1. The monoisotopic (exact) mass is 873 g/mol. The molecule has 6 unspecified atom stereocenters. The van der Waals surface area contributed by atoms with Crippen LogP contribution in [0.5, 0.6) is 0 Å². The van der Waals surface area contributed by atoms with Crippen molar-refractivity contribution < 1.29 is 44.2 Å². The van der Waals surface area contributed by atoms with Gasteiger partial charge >= 0.3 is 5.97 Å². The van der Waals surface area contributed by atoms with Crippen LogP contribution in [0.3, 0.4) is 0 Å². The SMILES string of the molecule is CC/C=C\C/C=C\C/C=C\C/C=C\CCCOCC(COC1OC(CO)C(O)C(O)C1O)OC(=O)CCCCCCCCCCCCCCC/C=C\C/C=C\CCCCCCC. The molecule has 0 radical (unpaired) electrons. The molecule has 4 N–H and O–H groups in total. The third kappa shape index (κ3) is 34.1. The lowest BCUT2D eigenvalue weighted by Gasteiger charge is -2.39. The molecule has 0 aromatic carbocycles. The normalized spacial score (nSPS) is 20.4. The zero-order valence-electron chi connectivity index (χ0n) is 39.3. The van der Waals surface area contributed by atoms with Crippen molar-refractivity contribution in [3.63, 3.8) is 0 Å². The fraction of sp³-hybridized carbons (Fsp3) is 0.755. The summed E-state index contributed by atoms with van der Waals surface area (Å²) in [6.45, 7) is 4.29. The summed E-state index contributed by atoms with van der Waals surface area (Å²) in [7, 11) is 0.